The molecule has 1 atom stereocenters. The Labute approximate surface area is 206 Å². The lowest BCUT2D eigenvalue weighted by atomic mass is 10.1. The van der Waals surface area contributed by atoms with Crippen molar-refractivity contribution in [2.24, 2.45) is 0 Å². The third-order valence-electron chi connectivity index (χ3n) is 5.77. The number of fused-ring (bicyclic) bond motifs is 1. The number of anilines is 1. The fraction of sp³-hybridized carbons (Fsp3) is 0.480. The van der Waals surface area contributed by atoms with Crippen LogP contribution in [0.1, 0.15) is 53.9 Å². The monoisotopic (exact) mass is 488 g/mol. The van der Waals surface area contributed by atoms with Crippen LogP contribution in [-0.2, 0) is 4.74 Å². The highest BCUT2D eigenvalue weighted by atomic mass is 35.5. The molecule has 34 heavy (non-hydrogen) atoms. The van der Waals surface area contributed by atoms with Crippen molar-refractivity contribution in [3.63, 3.8) is 0 Å². The normalized spacial score (nSPS) is 16.1. The summed E-state index contributed by atoms with van der Waals surface area (Å²) in [7, 11) is 0. The summed E-state index contributed by atoms with van der Waals surface area (Å²) in [6.45, 7) is 16.0. The first-order valence-electron chi connectivity index (χ1n) is 11.8. The zero-order chi connectivity index (χ0) is 24.9. The molecule has 1 aliphatic heterocycles. The van der Waals surface area contributed by atoms with Gasteiger partial charge in [0.2, 0.25) is 0 Å². The number of nitrogens with one attached hydrogen (secondary N) is 1. The molecular weight excluding hydrogens is 455 g/mol. The number of imidazole rings is 1. The van der Waals surface area contributed by atoms with Crippen LogP contribution in [0.25, 0.3) is 17.2 Å². The zero-order valence-electron chi connectivity index (χ0n) is 20.6. The van der Waals surface area contributed by atoms with E-state index in [-0.39, 0.29) is 17.5 Å². The van der Waals surface area contributed by atoms with E-state index in [1.807, 2.05) is 13.8 Å². The standard InChI is InChI=1S/C23H28ClFN6O.C2H6/c1-5-23(3,4)32-15(2)30-10-6-7-17(14-30)27-20-11-19(24)28-22(29-20)18-12-26-21-9-8-16(25)13-31(18)21;1-2/h8-9,11-13,17H,2,5-7,10,14H2,1,3-4H3,(H,27,28,29);1-2H3. The van der Waals surface area contributed by atoms with Gasteiger partial charge in [-0.25, -0.2) is 19.3 Å². The molecule has 7 nitrogen and oxygen atoms in total. The maximum atomic E-state index is 13.8. The topological polar surface area (TPSA) is 67.6 Å². The van der Waals surface area contributed by atoms with Gasteiger partial charge in [-0.05, 0) is 51.8 Å². The first-order valence-corrected chi connectivity index (χ1v) is 12.2. The summed E-state index contributed by atoms with van der Waals surface area (Å²) in [5, 5.41) is 3.77. The van der Waals surface area contributed by atoms with E-state index in [4.69, 9.17) is 16.3 Å². The minimum atomic E-state index is -0.367. The minimum absolute atomic E-state index is 0.146. The molecule has 9 heteroatoms. The molecule has 1 aliphatic rings. The molecule has 0 saturated carbocycles. The van der Waals surface area contributed by atoms with Crippen LogP contribution >= 0.6 is 11.6 Å². The van der Waals surface area contributed by atoms with E-state index < -0.39 is 0 Å². The van der Waals surface area contributed by atoms with Crippen molar-refractivity contribution in [1.29, 1.82) is 0 Å². The van der Waals surface area contributed by atoms with Gasteiger partial charge in [0.15, 0.2) is 11.7 Å². The van der Waals surface area contributed by atoms with E-state index in [2.05, 4.69) is 52.5 Å². The first kappa shape index (κ1) is 25.7. The molecule has 0 bridgehead atoms. The van der Waals surface area contributed by atoms with Crippen molar-refractivity contribution in [1.82, 2.24) is 24.3 Å². The van der Waals surface area contributed by atoms with Crippen LogP contribution in [0, 0.1) is 5.82 Å². The SMILES string of the molecule is C=C(OC(C)(C)CC)N1CCCC(Nc2cc(Cl)nc(-c3cnc4ccc(F)cn34)n2)C1.CC. The lowest BCUT2D eigenvalue weighted by Gasteiger charge is -2.38. The predicted molar refractivity (Wildman–Crippen MR) is 135 cm³/mol. The number of nitrogens with zero attached hydrogens (tertiary/aromatic N) is 5. The zero-order valence-corrected chi connectivity index (χ0v) is 21.4. The van der Waals surface area contributed by atoms with E-state index in [0.717, 1.165) is 32.4 Å². The second-order valence-corrected chi connectivity index (χ2v) is 9.04. The van der Waals surface area contributed by atoms with Crippen molar-refractivity contribution in [2.75, 3.05) is 18.4 Å². The Morgan fingerprint density at radius 1 is 1.32 bits per heavy atom. The summed E-state index contributed by atoms with van der Waals surface area (Å²) in [6, 6.07) is 4.81. The van der Waals surface area contributed by atoms with Gasteiger partial charge in [-0.2, -0.15) is 0 Å². The van der Waals surface area contributed by atoms with Crippen LogP contribution in [0.4, 0.5) is 10.2 Å². The molecule has 0 spiro atoms. The Morgan fingerprint density at radius 3 is 2.82 bits per heavy atom. The highest BCUT2D eigenvalue weighted by molar-refractivity contribution is 6.29. The van der Waals surface area contributed by atoms with E-state index in [0.29, 0.717) is 34.0 Å². The van der Waals surface area contributed by atoms with Crippen LogP contribution in [-0.4, -0.2) is 49.0 Å². The Morgan fingerprint density at radius 2 is 2.09 bits per heavy atom. The average molecular weight is 489 g/mol. The molecule has 1 fully saturated rings. The van der Waals surface area contributed by atoms with Gasteiger partial charge in [-0.1, -0.05) is 32.4 Å². The fourth-order valence-corrected chi connectivity index (χ4v) is 3.90. The number of hydrogen-bond donors (Lipinski definition) is 1. The molecular formula is C25H34ClFN6O. The fourth-order valence-electron chi connectivity index (χ4n) is 3.71. The average Bonchev–Trinajstić information content (AvgIpc) is 3.23. The second kappa shape index (κ2) is 11.0. The molecule has 0 aliphatic carbocycles. The number of pyridine rings is 1. The number of aromatic nitrogens is 4. The van der Waals surface area contributed by atoms with Crippen LogP contribution in [0.5, 0.6) is 0 Å². The highest BCUT2D eigenvalue weighted by Crippen LogP contribution is 2.26. The quantitative estimate of drug-likeness (QED) is 0.317. The highest BCUT2D eigenvalue weighted by Gasteiger charge is 2.26. The molecule has 1 unspecified atom stereocenters. The number of piperidine rings is 1. The van der Waals surface area contributed by atoms with Gasteiger partial charge in [0, 0.05) is 31.4 Å². The molecule has 1 saturated heterocycles. The smallest absolute Gasteiger partial charge is 0.182 e. The van der Waals surface area contributed by atoms with Crippen LogP contribution in [0.2, 0.25) is 5.15 Å². The summed E-state index contributed by atoms with van der Waals surface area (Å²) in [6.07, 6.45) is 5.86. The molecule has 184 valence electrons. The van der Waals surface area contributed by atoms with Gasteiger partial charge in [0.25, 0.3) is 0 Å². The van der Waals surface area contributed by atoms with Crippen LogP contribution in [0.15, 0.2) is 43.1 Å². The van der Waals surface area contributed by atoms with Crippen molar-refractivity contribution >= 4 is 23.1 Å². The van der Waals surface area contributed by atoms with E-state index >= 15 is 0 Å². The van der Waals surface area contributed by atoms with E-state index in [9.17, 15) is 4.39 Å². The van der Waals surface area contributed by atoms with Gasteiger partial charge in [0.05, 0.1) is 6.20 Å². The lowest BCUT2D eigenvalue weighted by molar-refractivity contribution is -0.0174. The summed E-state index contributed by atoms with van der Waals surface area (Å²) >= 11 is 6.30. The first-order chi connectivity index (χ1) is 16.2. The maximum absolute atomic E-state index is 13.8. The Bertz CT molecular complexity index is 1130. The van der Waals surface area contributed by atoms with Gasteiger partial charge >= 0.3 is 0 Å². The number of rotatable bonds is 7. The molecule has 4 heterocycles. The third kappa shape index (κ3) is 6.17. The number of likely N-dealkylation sites (tertiary alicyclic amines) is 1. The largest absolute Gasteiger partial charge is 0.474 e. The molecule has 0 aromatic carbocycles. The molecule has 1 N–H and O–H groups in total. The lowest BCUT2D eigenvalue weighted by Crippen LogP contribution is -2.43. The summed E-state index contributed by atoms with van der Waals surface area (Å²) < 4.78 is 21.4. The summed E-state index contributed by atoms with van der Waals surface area (Å²) in [4.78, 5) is 15.4. The van der Waals surface area contributed by atoms with Crippen LogP contribution < -0.4 is 5.32 Å². The number of ether oxygens (including phenoxy) is 1. The third-order valence-corrected chi connectivity index (χ3v) is 5.96. The van der Waals surface area contributed by atoms with Gasteiger partial charge in [0.1, 0.15) is 33.7 Å². The van der Waals surface area contributed by atoms with Crippen LogP contribution in [0.3, 0.4) is 0 Å². The Balaban J connectivity index is 0.00000158. The molecule has 0 radical (unpaired) electrons. The van der Waals surface area contributed by atoms with E-state index in [1.165, 1.54) is 12.3 Å². The molecule has 3 aromatic rings. The summed E-state index contributed by atoms with van der Waals surface area (Å²) in [5.74, 6) is 1.31. The minimum Gasteiger partial charge on any atom is -0.474 e. The summed E-state index contributed by atoms with van der Waals surface area (Å²) in [5.41, 5.74) is 0.926. The Hall–Kier alpha value is -2.87. The van der Waals surface area contributed by atoms with Gasteiger partial charge in [-0.3, -0.25) is 4.40 Å². The molecule has 3 aromatic heterocycles. The number of hydrogen-bond acceptors (Lipinski definition) is 6. The van der Waals surface area contributed by atoms with Crippen molar-refractivity contribution in [3.05, 3.63) is 54.0 Å². The molecule has 0 amide bonds. The van der Waals surface area contributed by atoms with E-state index in [1.54, 1.807) is 22.7 Å². The van der Waals surface area contributed by atoms with Gasteiger partial charge in [-0.15, -0.1) is 0 Å². The second-order valence-electron chi connectivity index (χ2n) is 8.66. The number of halogens is 2. The van der Waals surface area contributed by atoms with Gasteiger partial charge < -0.3 is 15.0 Å². The predicted octanol–water partition coefficient (Wildman–Crippen LogP) is 6.16. The van der Waals surface area contributed by atoms with Crippen molar-refractivity contribution in [3.8, 4) is 11.5 Å². The van der Waals surface area contributed by atoms with Crippen molar-refractivity contribution < 1.29 is 9.13 Å². The maximum Gasteiger partial charge on any atom is 0.182 e. The Kier molecular flexibility index (Phi) is 8.36. The molecule has 4 rings (SSSR count). The van der Waals surface area contributed by atoms with Crippen molar-refractivity contribution in [2.45, 2.75) is 65.5 Å².